The van der Waals surface area contributed by atoms with E-state index in [2.05, 4.69) is 0 Å². The topological polar surface area (TPSA) is 59.7 Å². The van der Waals surface area contributed by atoms with Crippen LogP contribution in [0.3, 0.4) is 0 Å². The third-order valence-electron chi connectivity index (χ3n) is 3.64. The Morgan fingerprint density at radius 2 is 1.65 bits per heavy atom. The minimum atomic E-state index is -1.00. The van der Waals surface area contributed by atoms with Gasteiger partial charge >= 0.3 is 5.63 Å². The fourth-order valence-electron chi connectivity index (χ4n) is 2.35. The fraction of sp³-hybridized carbons (Fsp3) is 0.105. The molecule has 0 radical (unpaired) electrons. The molecule has 2 aromatic carbocycles. The lowest BCUT2D eigenvalue weighted by atomic mass is 10.0. The van der Waals surface area contributed by atoms with Crippen LogP contribution in [0.2, 0.25) is 0 Å². The van der Waals surface area contributed by atoms with E-state index in [0.717, 1.165) is 11.3 Å². The molecular weight excluding hydrogens is 292 g/mol. The number of rotatable bonds is 4. The van der Waals surface area contributed by atoms with Crippen molar-refractivity contribution >= 4 is 0 Å². The molecule has 0 bridgehead atoms. The van der Waals surface area contributed by atoms with Crippen LogP contribution >= 0.6 is 0 Å². The van der Waals surface area contributed by atoms with Crippen molar-refractivity contribution in [2.75, 3.05) is 7.11 Å². The van der Waals surface area contributed by atoms with E-state index >= 15 is 0 Å². The first-order valence-electron chi connectivity index (χ1n) is 7.20. The SMILES string of the molecule is COc1ccc(-c2ccc(C(O)c3ccccc3)c(=O)o2)cc1. The molecule has 0 spiro atoms. The highest BCUT2D eigenvalue weighted by molar-refractivity contribution is 5.58. The Morgan fingerprint density at radius 3 is 2.26 bits per heavy atom. The minimum absolute atomic E-state index is 0.216. The van der Waals surface area contributed by atoms with Gasteiger partial charge < -0.3 is 14.3 Å². The molecule has 1 unspecified atom stereocenters. The van der Waals surface area contributed by atoms with Gasteiger partial charge in [0.1, 0.15) is 17.6 Å². The molecule has 1 N–H and O–H groups in total. The second-order valence-electron chi connectivity index (χ2n) is 5.08. The average molecular weight is 308 g/mol. The van der Waals surface area contributed by atoms with Crippen molar-refractivity contribution in [1.82, 2.24) is 0 Å². The van der Waals surface area contributed by atoms with Crippen molar-refractivity contribution in [2.24, 2.45) is 0 Å². The highest BCUT2D eigenvalue weighted by Gasteiger charge is 2.16. The van der Waals surface area contributed by atoms with Gasteiger partial charge in [0.15, 0.2) is 0 Å². The maximum Gasteiger partial charge on any atom is 0.342 e. The molecule has 0 aliphatic rings. The fourth-order valence-corrected chi connectivity index (χ4v) is 2.35. The quantitative estimate of drug-likeness (QED) is 0.802. The maximum absolute atomic E-state index is 12.2. The van der Waals surface area contributed by atoms with E-state index in [-0.39, 0.29) is 5.56 Å². The molecular formula is C19H16O4. The van der Waals surface area contributed by atoms with Crippen molar-refractivity contribution in [1.29, 1.82) is 0 Å². The van der Waals surface area contributed by atoms with Crippen LogP contribution in [0.5, 0.6) is 5.75 Å². The number of ether oxygens (including phenoxy) is 1. The highest BCUT2D eigenvalue weighted by Crippen LogP contribution is 2.24. The lowest BCUT2D eigenvalue weighted by molar-refractivity contribution is 0.215. The molecule has 0 amide bonds. The Balaban J connectivity index is 1.93. The van der Waals surface area contributed by atoms with Gasteiger partial charge in [0.05, 0.1) is 12.7 Å². The summed E-state index contributed by atoms with van der Waals surface area (Å²) in [5, 5.41) is 10.3. The Labute approximate surface area is 133 Å². The van der Waals surface area contributed by atoms with E-state index in [4.69, 9.17) is 9.15 Å². The van der Waals surface area contributed by atoms with Gasteiger partial charge in [0.25, 0.3) is 0 Å². The molecule has 1 heterocycles. The van der Waals surface area contributed by atoms with Gasteiger partial charge in [-0.3, -0.25) is 0 Å². The molecule has 0 aliphatic heterocycles. The Hall–Kier alpha value is -2.85. The lowest BCUT2D eigenvalue weighted by Crippen LogP contribution is -2.13. The number of aliphatic hydroxyl groups excluding tert-OH is 1. The molecule has 1 aromatic heterocycles. The van der Waals surface area contributed by atoms with Crippen LogP contribution in [-0.4, -0.2) is 12.2 Å². The van der Waals surface area contributed by atoms with E-state index < -0.39 is 11.7 Å². The first kappa shape index (κ1) is 15.1. The maximum atomic E-state index is 12.2. The summed E-state index contributed by atoms with van der Waals surface area (Å²) >= 11 is 0. The van der Waals surface area contributed by atoms with Gasteiger partial charge in [0.2, 0.25) is 0 Å². The average Bonchev–Trinajstić information content (AvgIpc) is 2.62. The first-order valence-corrected chi connectivity index (χ1v) is 7.20. The third-order valence-corrected chi connectivity index (χ3v) is 3.64. The van der Waals surface area contributed by atoms with E-state index in [1.165, 1.54) is 0 Å². The number of methoxy groups -OCH3 is 1. The predicted molar refractivity (Wildman–Crippen MR) is 87.5 cm³/mol. The smallest absolute Gasteiger partial charge is 0.342 e. The molecule has 4 heteroatoms. The number of aliphatic hydroxyl groups is 1. The van der Waals surface area contributed by atoms with Crippen LogP contribution in [0.25, 0.3) is 11.3 Å². The van der Waals surface area contributed by atoms with Crippen LogP contribution in [0.4, 0.5) is 0 Å². The predicted octanol–water partition coefficient (Wildman–Crippen LogP) is 3.40. The van der Waals surface area contributed by atoms with Crippen molar-refractivity contribution in [3.63, 3.8) is 0 Å². The summed E-state index contributed by atoms with van der Waals surface area (Å²) in [5.74, 6) is 1.17. The van der Waals surface area contributed by atoms with Crippen LogP contribution in [0.1, 0.15) is 17.2 Å². The minimum Gasteiger partial charge on any atom is -0.497 e. The zero-order valence-electron chi connectivity index (χ0n) is 12.6. The van der Waals surface area contributed by atoms with Crippen molar-refractivity contribution in [3.05, 3.63) is 88.3 Å². The van der Waals surface area contributed by atoms with E-state index in [9.17, 15) is 9.90 Å². The third kappa shape index (κ3) is 3.17. The van der Waals surface area contributed by atoms with Crippen molar-refractivity contribution in [3.8, 4) is 17.1 Å². The van der Waals surface area contributed by atoms with Gasteiger partial charge in [0, 0.05) is 5.56 Å². The van der Waals surface area contributed by atoms with E-state index in [0.29, 0.717) is 11.3 Å². The first-order chi connectivity index (χ1) is 11.2. The lowest BCUT2D eigenvalue weighted by Gasteiger charge is -2.10. The van der Waals surface area contributed by atoms with Gasteiger partial charge in [-0.15, -0.1) is 0 Å². The van der Waals surface area contributed by atoms with Gasteiger partial charge in [-0.05, 0) is 42.0 Å². The molecule has 116 valence electrons. The summed E-state index contributed by atoms with van der Waals surface area (Å²) in [6.45, 7) is 0. The van der Waals surface area contributed by atoms with Crippen molar-refractivity contribution < 1.29 is 14.3 Å². The largest absolute Gasteiger partial charge is 0.497 e. The van der Waals surface area contributed by atoms with Crippen LogP contribution in [0, 0.1) is 0 Å². The van der Waals surface area contributed by atoms with E-state index in [1.54, 1.807) is 43.5 Å². The number of hydrogen-bond acceptors (Lipinski definition) is 4. The Morgan fingerprint density at radius 1 is 0.957 bits per heavy atom. The zero-order chi connectivity index (χ0) is 16.2. The highest BCUT2D eigenvalue weighted by atomic mass is 16.5. The molecule has 4 nitrogen and oxygen atoms in total. The number of benzene rings is 2. The summed E-state index contributed by atoms with van der Waals surface area (Å²) in [5.41, 5.74) is 1.09. The van der Waals surface area contributed by atoms with Crippen LogP contribution in [-0.2, 0) is 0 Å². The molecule has 0 fully saturated rings. The summed E-state index contributed by atoms with van der Waals surface area (Å²) in [4.78, 5) is 12.2. The molecule has 3 aromatic rings. The Bertz CT molecular complexity index is 835. The molecule has 0 saturated heterocycles. The van der Waals surface area contributed by atoms with Crippen molar-refractivity contribution in [2.45, 2.75) is 6.10 Å². The monoisotopic (exact) mass is 308 g/mol. The van der Waals surface area contributed by atoms with Crippen LogP contribution < -0.4 is 10.4 Å². The molecule has 1 atom stereocenters. The molecule has 0 aliphatic carbocycles. The van der Waals surface area contributed by atoms with Gasteiger partial charge in [-0.2, -0.15) is 0 Å². The summed E-state index contributed by atoms with van der Waals surface area (Å²) in [6.07, 6.45) is -1.00. The summed E-state index contributed by atoms with van der Waals surface area (Å²) in [7, 11) is 1.59. The van der Waals surface area contributed by atoms with Gasteiger partial charge in [-0.25, -0.2) is 4.79 Å². The Kier molecular flexibility index (Phi) is 4.26. The zero-order valence-corrected chi connectivity index (χ0v) is 12.6. The second kappa shape index (κ2) is 6.50. The summed E-state index contributed by atoms with van der Waals surface area (Å²) in [6, 6.07) is 19.5. The summed E-state index contributed by atoms with van der Waals surface area (Å²) < 4.78 is 10.5. The molecule has 0 saturated carbocycles. The number of hydrogen-bond donors (Lipinski definition) is 1. The van der Waals surface area contributed by atoms with E-state index in [1.807, 2.05) is 30.3 Å². The second-order valence-corrected chi connectivity index (χ2v) is 5.08. The normalized spacial score (nSPS) is 11.9. The standard InChI is InChI=1S/C19H16O4/c1-22-15-9-7-13(8-10-15)17-12-11-16(19(21)23-17)18(20)14-5-3-2-4-6-14/h2-12,18,20H,1H3. The molecule has 3 rings (SSSR count). The van der Waals surface area contributed by atoms with Gasteiger partial charge in [-0.1, -0.05) is 30.3 Å². The molecule has 23 heavy (non-hydrogen) atoms. The van der Waals surface area contributed by atoms with Crippen LogP contribution in [0.15, 0.2) is 75.9 Å².